The number of thiazole rings is 1. The van der Waals surface area contributed by atoms with Crippen LogP contribution >= 0.6 is 11.3 Å². The largest absolute Gasteiger partial charge is 0.339 e. The minimum absolute atomic E-state index is 0.278. The molecule has 1 N–H and O–H groups in total. The van der Waals surface area contributed by atoms with E-state index in [9.17, 15) is 9.18 Å². The molecule has 30 heavy (non-hydrogen) atoms. The molecule has 8 heteroatoms. The van der Waals surface area contributed by atoms with Crippen molar-refractivity contribution in [1.82, 2.24) is 19.5 Å². The standard InChI is InChI=1S/C22H18FN5OS/c1-15-4-2-5-17(25-15)7-8-18-14-30-22(26-18)27-21(29)19-6-3-11-28(19)13-16-9-10-24-20(23)12-16/h2-12,14H,13H2,1H3,(H,26,27,29). The number of carbonyl (C=O) groups excluding carboxylic acids is 1. The lowest BCUT2D eigenvalue weighted by Crippen LogP contribution is -2.17. The molecule has 0 aromatic carbocycles. The van der Waals surface area contributed by atoms with E-state index in [1.807, 2.05) is 42.7 Å². The maximum atomic E-state index is 13.3. The zero-order valence-corrected chi connectivity index (χ0v) is 16.9. The topological polar surface area (TPSA) is 72.7 Å². The quantitative estimate of drug-likeness (QED) is 0.462. The molecule has 0 fully saturated rings. The van der Waals surface area contributed by atoms with Crippen LogP contribution in [0, 0.1) is 12.9 Å². The van der Waals surface area contributed by atoms with Gasteiger partial charge < -0.3 is 4.57 Å². The van der Waals surface area contributed by atoms with Gasteiger partial charge in [-0.1, -0.05) is 6.07 Å². The van der Waals surface area contributed by atoms with Crippen molar-refractivity contribution < 1.29 is 9.18 Å². The van der Waals surface area contributed by atoms with Gasteiger partial charge in [-0.15, -0.1) is 11.3 Å². The molecule has 6 nitrogen and oxygen atoms in total. The van der Waals surface area contributed by atoms with Crippen molar-refractivity contribution in [2.75, 3.05) is 5.32 Å². The summed E-state index contributed by atoms with van der Waals surface area (Å²) in [4.78, 5) is 25.1. The SMILES string of the molecule is Cc1cccc(C=Cc2csc(NC(=O)c3cccn3Cc3ccnc(F)c3)n2)n1. The molecule has 4 heterocycles. The number of anilines is 1. The Bertz CT molecular complexity index is 1210. The molecule has 1 amide bonds. The number of nitrogens with zero attached hydrogens (tertiary/aromatic N) is 4. The second kappa shape index (κ2) is 8.79. The third-order valence-corrected chi connectivity index (χ3v) is 5.06. The van der Waals surface area contributed by atoms with Gasteiger partial charge in [0, 0.05) is 30.0 Å². The number of hydrogen-bond donors (Lipinski definition) is 1. The van der Waals surface area contributed by atoms with Gasteiger partial charge in [-0.3, -0.25) is 15.1 Å². The summed E-state index contributed by atoms with van der Waals surface area (Å²) in [5.41, 5.74) is 3.71. The van der Waals surface area contributed by atoms with Crippen LogP contribution in [0.4, 0.5) is 9.52 Å². The van der Waals surface area contributed by atoms with E-state index in [0.717, 1.165) is 22.6 Å². The van der Waals surface area contributed by atoms with Crippen LogP contribution in [0.25, 0.3) is 12.2 Å². The minimum Gasteiger partial charge on any atom is -0.339 e. The zero-order chi connectivity index (χ0) is 20.9. The van der Waals surface area contributed by atoms with Gasteiger partial charge in [0.15, 0.2) is 5.13 Å². The Morgan fingerprint density at radius 2 is 2.03 bits per heavy atom. The third-order valence-electron chi connectivity index (χ3n) is 4.28. The van der Waals surface area contributed by atoms with Crippen LogP contribution in [0.2, 0.25) is 0 Å². The van der Waals surface area contributed by atoms with Crippen LogP contribution < -0.4 is 5.32 Å². The molecule has 4 rings (SSSR count). The van der Waals surface area contributed by atoms with Gasteiger partial charge in [-0.2, -0.15) is 4.39 Å². The van der Waals surface area contributed by atoms with Crippen molar-refractivity contribution in [2.45, 2.75) is 13.5 Å². The number of pyridine rings is 2. The fraction of sp³-hybridized carbons (Fsp3) is 0.0909. The highest BCUT2D eigenvalue weighted by molar-refractivity contribution is 7.14. The van der Waals surface area contributed by atoms with Crippen molar-refractivity contribution in [2.24, 2.45) is 0 Å². The fourth-order valence-corrected chi connectivity index (χ4v) is 3.58. The van der Waals surface area contributed by atoms with E-state index in [2.05, 4.69) is 20.3 Å². The number of aromatic nitrogens is 4. The monoisotopic (exact) mass is 419 g/mol. The van der Waals surface area contributed by atoms with Crippen molar-refractivity contribution in [3.63, 3.8) is 0 Å². The molecule has 0 spiro atoms. The van der Waals surface area contributed by atoms with Crippen molar-refractivity contribution in [3.05, 3.63) is 94.5 Å². The van der Waals surface area contributed by atoms with E-state index in [1.165, 1.54) is 23.6 Å². The summed E-state index contributed by atoms with van der Waals surface area (Å²) < 4.78 is 15.1. The van der Waals surface area contributed by atoms with Gasteiger partial charge in [0.1, 0.15) is 5.69 Å². The molecule has 0 saturated carbocycles. The highest BCUT2D eigenvalue weighted by atomic mass is 32.1. The van der Waals surface area contributed by atoms with Gasteiger partial charge in [-0.05, 0) is 61.0 Å². The zero-order valence-electron chi connectivity index (χ0n) is 16.1. The molecule has 0 aliphatic heterocycles. The smallest absolute Gasteiger partial charge is 0.274 e. The Morgan fingerprint density at radius 1 is 1.17 bits per heavy atom. The first-order chi connectivity index (χ1) is 14.6. The first-order valence-electron chi connectivity index (χ1n) is 9.21. The van der Waals surface area contributed by atoms with Gasteiger partial charge in [0.2, 0.25) is 5.95 Å². The molecule has 0 unspecified atom stereocenters. The number of aryl methyl sites for hydroxylation is 1. The van der Waals surface area contributed by atoms with E-state index >= 15 is 0 Å². The average molecular weight is 419 g/mol. The number of rotatable bonds is 6. The maximum Gasteiger partial charge on any atom is 0.274 e. The molecule has 0 saturated heterocycles. The predicted molar refractivity (Wildman–Crippen MR) is 116 cm³/mol. The van der Waals surface area contributed by atoms with Crippen molar-refractivity contribution in [1.29, 1.82) is 0 Å². The molecule has 4 aromatic heterocycles. The lowest BCUT2D eigenvalue weighted by molar-refractivity contribution is 0.101. The molecule has 150 valence electrons. The van der Waals surface area contributed by atoms with Gasteiger partial charge in [0.25, 0.3) is 5.91 Å². The molecule has 0 radical (unpaired) electrons. The van der Waals surface area contributed by atoms with E-state index < -0.39 is 5.95 Å². The van der Waals surface area contributed by atoms with Crippen LogP contribution in [0.5, 0.6) is 0 Å². The molecular weight excluding hydrogens is 401 g/mol. The van der Waals surface area contributed by atoms with Crippen molar-refractivity contribution >= 4 is 34.5 Å². The Hall–Kier alpha value is -3.65. The second-order valence-corrected chi connectivity index (χ2v) is 7.44. The molecule has 0 aliphatic carbocycles. The van der Waals surface area contributed by atoms with Crippen LogP contribution in [-0.2, 0) is 6.54 Å². The molecule has 4 aromatic rings. The number of halogens is 1. The normalized spacial score (nSPS) is 11.1. The summed E-state index contributed by atoms with van der Waals surface area (Å²) in [6, 6.07) is 12.4. The summed E-state index contributed by atoms with van der Waals surface area (Å²) >= 11 is 1.34. The van der Waals surface area contributed by atoms with E-state index in [-0.39, 0.29) is 5.91 Å². The summed E-state index contributed by atoms with van der Waals surface area (Å²) in [7, 11) is 0. The lowest BCUT2D eigenvalue weighted by Gasteiger charge is -2.09. The fourth-order valence-electron chi connectivity index (χ4n) is 2.90. The van der Waals surface area contributed by atoms with Gasteiger partial charge in [-0.25, -0.2) is 9.97 Å². The first kappa shape index (κ1) is 19.7. The number of carbonyl (C=O) groups is 1. The molecule has 0 bridgehead atoms. The summed E-state index contributed by atoms with van der Waals surface area (Å²) in [5, 5.41) is 5.18. The number of amides is 1. The molecular formula is C22H18FN5OS. The van der Waals surface area contributed by atoms with E-state index in [0.29, 0.717) is 17.4 Å². The van der Waals surface area contributed by atoms with Crippen LogP contribution in [0.3, 0.4) is 0 Å². The predicted octanol–water partition coefficient (Wildman–Crippen LogP) is 4.65. The third kappa shape index (κ3) is 4.84. The van der Waals surface area contributed by atoms with Crippen LogP contribution in [-0.4, -0.2) is 25.4 Å². The summed E-state index contributed by atoms with van der Waals surface area (Å²) in [6.45, 7) is 2.30. The highest BCUT2D eigenvalue weighted by Crippen LogP contribution is 2.19. The van der Waals surface area contributed by atoms with Crippen LogP contribution in [0.1, 0.15) is 33.1 Å². The number of nitrogens with one attached hydrogen (secondary N) is 1. The van der Waals surface area contributed by atoms with Gasteiger partial charge >= 0.3 is 0 Å². The Balaban J connectivity index is 1.43. The summed E-state index contributed by atoms with van der Waals surface area (Å²) in [5.74, 6) is -0.824. The van der Waals surface area contributed by atoms with Crippen molar-refractivity contribution in [3.8, 4) is 0 Å². The number of hydrogen-bond acceptors (Lipinski definition) is 5. The lowest BCUT2D eigenvalue weighted by atomic mass is 10.2. The average Bonchev–Trinajstić information content (AvgIpc) is 3.36. The second-order valence-electron chi connectivity index (χ2n) is 6.58. The van der Waals surface area contributed by atoms with E-state index in [4.69, 9.17) is 0 Å². The van der Waals surface area contributed by atoms with E-state index in [1.54, 1.807) is 29.0 Å². The highest BCUT2D eigenvalue weighted by Gasteiger charge is 2.13. The molecule has 0 atom stereocenters. The maximum absolute atomic E-state index is 13.3. The summed E-state index contributed by atoms with van der Waals surface area (Å²) in [6.07, 6.45) is 6.92. The Morgan fingerprint density at radius 3 is 2.87 bits per heavy atom. The molecule has 0 aliphatic rings. The Labute approximate surface area is 176 Å². The van der Waals surface area contributed by atoms with Gasteiger partial charge in [0.05, 0.1) is 11.4 Å². The Kier molecular flexibility index (Phi) is 5.76. The van der Waals surface area contributed by atoms with Crippen LogP contribution in [0.15, 0.2) is 60.2 Å². The minimum atomic E-state index is -0.546. The first-order valence-corrected chi connectivity index (χ1v) is 10.1.